The third-order valence-electron chi connectivity index (χ3n) is 5.76. The molecule has 30 heavy (non-hydrogen) atoms. The molecule has 1 fully saturated rings. The van der Waals surface area contributed by atoms with Crippen LogP contribution in [0.15, 0.2) is 48.5 Å². The number of nitrogens with zero attached hydrogens (tertiary/aromatic N) is 1. The molecule has 0 saturated heterocycles. The Labute approximate surface area is 178 Å². The smallest absolute Gasteiger partial charge is 0.246 e. The lowest BCUT2D eigenvalue weighted by molar-refractivity contribution is -0.135. The molecule has 2 aromatic carbocycles. The van der Waals surface area contributed by atoms with Crippen molar-refractivity contribution in [2.75, 3.05) is 0 Å². The van der Waals surface area contributed by atoms with Crippen LogP contribution in [0, 0.1) is 11.3 Å². The van der Waals surface area contributed by atoms with Crippen LogP contribution in [0.5, 0.6) is 0 Å². The minimum Gasteiger partial charge on any atom is -0.350 e. The van der Waals surface area contributed by atoms with Gasteiger partial charge in [0, 0.05) is 13.0 Å². The molecule has 1 aliphatic carbocycles. The minimum absolute atomic E-state index is 0.0462. The fourth-order valence-electron chi connectivity index (χ4n) is 4.11. The number of nitriles is 1. The summed E-state index contributed by atoms with van der Waals surface area (Å²) in [6, 6.07) is 17.6. The molecule has 1 saturated carbocycles. The summed E-state index contributed by atoms with van der Waals surface area (Å²) in [4.78, 5) is 25.2. The van der Waals surface area contributed by atoms with E-state index in [1.165, 1.54) is 0 Å². The monoisotopic (exact) mass is 403 g/mol. The summed E-state index contributed by atoms with van der Waals surface area (Å²) in [5.74, 6) is -0.138. The van der Waals surface area contributed by atoms with Crippen molar-refractivity contribution in [2.45, 2.75) is 64.0 Å². The van der Waals surface area contributed by atoms with Gasteiger partial charge in [-0.15, -0.1) is 0 Å². The van der Waals surface area contributed by atoms with E-state index in [0.29, 0.717) is 31.4 Å². The van der Waals surface area contributed by atoms with Gasteiger partial charge in [-0.2, -0.15) is 5.26 Å². The first-order valence-corrected chi connectivity index (χ1v) is 10.8. The molecule has 2 N–H and O–H groups in total. The number of rotatable bonds is 7. The number of amides is 2. The van der Waals surface area contributed by atoms with E-state index in [1.807, 2.05) is 49.4 Å². The first kappa shape index (κ1) is 21.6. The molecule has 5 heteroatoms. The van der Waals surface area contributed by atoms with Crippen LogP contribution in [0.3, 0.4) is 0 Å². The van der Waals surface area contributed by atoms with Crippen LogP contribution in [-0.4, -0.2) is 17.4 Å². The lowest BCUT2D eigenvalue weighted by Gasteiger charge is -2.36. The molecule has 156 valence electrons. The lowest BCUT2D eigenvalue weighted by Crippen LogP contribution is -2.59. The largest absolute Gasteiger partial charge is 0.350 e. The Morgan fingerprint density at radius 2 is 1.73 bits per heavy atom. The second-order valence-corrected chi connectivity index (χ2v) is 7.98. The Balaban J connectivity index is 1.67. The van der Waals surface area contributed by atoms with E-state index < -0.39 is 5.54 Å². The van der Waals surface area contributed by atoms with Gasteiger partial charge in [0.25, 0.3) is 0 Å². The van der Waals surface area contributed by atoms with Crippen molar-refractivity contribution in [2.24, 2.45) is 0 Å². The quantitative estimate of drug-likeness (QED) is 0.716. The highest BCUT2D eigenvalue weighted by molar-refractivity contribution is 5.91. The van der Waals surface area contributed by atoms with E-state index in [0.717, 1.165) is 42.4 Å². The highest BCUT2D eigenvalue weighted by Crippen LogP contribution is 2.29. The van der Waals surface area contributed by atoms with Crippen LogP contribution in [0.2, 0.25) is 0 Å². The fraction of sp³-hybridized carbons (Fsp3) is 0.400. The standard InChI is InChI=1S/C25H29N3O2/c1-2-8-23(29)28-25(15-6-3-7-16-25)24(30)27-18-19-11-13-20(14-12-19)22-10-5-4-9-21(22)17-26/h4-5,9-14H,2-3,6-8,15-16,18H2,1H3,(H,27,30)(H,28,29). The van der Waals surface area contributed by atoms with Crippen molar-refractivity contribution >= 4 is 11.8 Å². The van der Waals surface area contributed by atoms with Crippen LogP contribution >= 0.6 is 0 Å². The molecule has 0 atom stereocenters. The SMILES string of the molecule is CCCC(=O)NC1(C(=O)NCc2ccc(-c3ccccc3C#N)cc2)CCCCC1. The summed E-state index contributed by atoms with van der Waals surface area (Å²) in [5.41, 5.74) is 2.71. The zero-order valence-electron chi connectivity index (χ0n) is 17.5. The van der Waals surface area contributed by atoms with E-state index in [4.69, 9.17) is 0 Å². The first-order valence-electron chi connectivity index (χ1n) is 10.8. The van der Waals surface area contributed by atoms with Crippen LogP contribution in [0.25, 0.3) is 11.1 Å². The molecule has 0 radical (unpaired) electrons. The number of nitrogens with one attached hydrogen (secondary N) is 2. The van der Waals surface area contributed by atoms with Gasteiger partial charge in [0.05, 0.1) is 11.6 Å². The van der Waals surface area contributed by atoms with Crippen LogP contribution in [-0.2, 0) is 16.1 Å². The zero-order chi connectivity index (χ0) is 21.4. The van der Waals surface area contributed by atoms with E-state index in [1.54, 1.807) is 6.07 Å². The topological polar surface area (TPSA) is 82.0 Å². The van der Waals surface area contributed by atoms with Crippen LogP contribution < -0.4 is 10.6 Å². The van der Waals surface area contributed by atoms with E-state index in [2.05, 4.69) is 16.7 Å². The molecule has 2 aromatic rings. The summed E-state index contributed by atoms with van der Waals surface area (Å²) < 4.78 is 0. The average Bonchev–Trinajstić information content (AvgIpc) is 2.78. The molecule has 0 aliphatic heterocycles. The maximum Gasteiger partial charge on any atom is 0.246 e. The molecular formula is C25H29N3O2. The summed E-state index contributed by atoms with van der Waals surface area (Å²) in [7, 11) is 0. The third kappa shape index (κ3) is 5.07. The minimum atomic E-state index is -0.782. The zero-order valence-corrected chi connectivity index (χ0v) is 17.5. The molecule has 0 unspecified atom stereocenters. The Morgan fingerprint density at radius 1 is 1.03 bits per heavy atom. The molecule has 5 nitrogen and oxygen atoms in total. The van der Waals surface area contributed by atoms with Crippen LogP contribution in [0.1, 0.15) is 63.0 Å². The predicted molar refractivity (Wildman–Crippen MR) is 117 cm³/mol. The second-order valence-electron chi connectivity index (χ2n) is 7.98. The summed E-state index contributed by atoms with van der Waals surface area (Å²) >= 11 is 0. The normalized spacial score (nSPS) is 15.1. The summed E-state index contributed by atoms with van der Waals surface area (Å²) in [6.45, 7) is 2.37. The van der Waals surface area contributed by atoms with Crippen molar-refractivity contribution in [3.05, 3.63) is 59.7 Å². The summed E-state index contributed by atoms with van der Waals surface area (Å²) in [6.07, 6.45) is 5.60. The van der Waals surface area contributed by atoms with E-state index in [-0.39, 0.29) is 11.8 Å². The van der Waals surface area contributed by atoms with Gasteiger partial charge in [0.1, 0.15) is 5.54 Å². The maximum absolute atomic E-state index is 13.0. The molecule has 0 aromatic heterocycles. The van der Waals surface area contributed by atoms with E-state index >= 15 is 0 Å². The van der Waals surface area contributed by atoms with Gasteiger partial charge in [-0.1, -0.05) is 68.7 Å². The Bertz CT molecular complexity index is 922. The molecule has 0 bridgehead atoms. The number of carbonyl (C=O) groups excluding carboxylic acids is 2. The average molecular weight is 404 g/mol. The van der Waals surface area contributed by atoms with Gasteiger partial charge in [-0.3, -0.25) is 9.59 Å². The van der Waals surface area contributed by atoms with Crippen molar-refractivity contribution in [1.29, 1.82) is 5.26 Å². The van der Waals surface area contributed by atoms with Crippen molar-refractivity contribution in [3.8, 4) is 17.2 Å². The maximum atomic E-state index is 13.0. The van der Waals surface area contributed by atoms with Gasteiger partial charge in [0.15, 0.2) is 0 Å². The molecule has 1 aliphatic rings. The Hall–Kier alpha value is -3.13. The molecule has 3 rings (SSSR count). The van der Waals surface area contributed by atoms with Gasteiger partial charge in [-0.05, 0) is 42.0 Å². The number of carbonyl (C=O) groups is 2. The molecule has 0 heterocycles. The highest BCUT2D eigenvalue weighted by Gasteiger charge is 2.40. The Kier molecular flexibility index (Phi) is 7.24. The molecule has 0 spiro atoms. The Morgan fingerprint density at radius 3 is 2.40 bits per heavy atom. The first-order chi connectivity index (χ1) is 14.6. The fourth-order valence-corrected chi connectivity index (χ4v) is 4.11. The van der Waals surface area contributed by atoms with Gasteiger partial charge in [0.2, 0.25) is 11.8 Å². The van der Waals surface area contributed by atoms with Gasteiger partial charge >= 0.3 is 0 Å². The lowest BCUT2D eigenvalue weighted by atomic mass is 9.80. The number of hydrogen-bond donors (Lipinski definition) is 2. The van der Waals surface area contributed by atoms with Crippen molar-refractivity contribution in [1.82, 2.24) is 10.6 Å². The molecular weight excluding hydrogens is 374 g/mol. The van der Waals surface area contributed by atoms with Crippen molar-refractivity contribution in [3.63, 3.8) is 0 Å². The summed E-state index contributed by atoms with van der Waals surface area (Å²) in [5, 5.41) is 15.4. The third-order valence-corrected chi connectivity index (χ3v) is 5.76. The van der Waals surface area contributed by atoms with Crippen molar-refractivity contribution < 1.29 is 9.59 Å². The highest BCUT2D eigenvalue weighted by atomic mass is 16.2. The molecule has 2 amide bonds. The number of benzene rings is 2. The predicted octanol–water partition coefficient (Wildman–Crippen LogP) is 4.46. The second kappa shape index (κ2) is 10.1. The van der Waals surface area contributed by atoms with Gasteiger partial charge in [-0.25, -0.2) is 0 Å². The van der Waals surface area contributed by atoms with Gasteiger partial charge < -0.3 is 10.6 Å². The van der Waals surface area contributed by atoms with E-state index in [9.17, 15) is 14.9 Å². The van der Waals surface area contributed by atoms with Crippen LogP contribution in [0.4, 0.5) is 0 Å². The number of hydrogen-bond acceptors (Lipinski definition) is 3.